The van der Waals surface area contributed by atoms with Gasteiger partial charge in [-0.05, 0) is 83.0 Å². The second kappa shape index (κ2) is 8.00. The molecule has 1 aromatic rings. The van der Waals surface area contributed by atoms with Crippen molar-refractivity contribution < 1.29 is 9.00 Å². The van der Waals surface area contributed by atoms with Gasteiger partial charge in [-0.15, -0.1) is 0 Å². The van der Waals surface area contributed by atoms with E-state index in [0.29, 0.717) is 0 Å². The fourth-order valence-electron chi connectivity index (χ4n) is 4.73. The van der Waals surface area contributed by atoms with E-state index in [1.54, 1.807) is 12.3 Å². The molecule has 0 bridgehead atoms. The largest absolute Gasteiger partial charge is 0.331 e. The zero-order valence-corrected chi connectivity index (χ0v) is 18.3. The third-order valence-electron chi connectivity index (χ3n) is 6.56. The van der Waals surface area contributed by atoms with Crippen LogP contribution in [0.4, 0.5) is 10.5 Å². The van der Waals surface area contributed by atoms with Crippen molar-refractivity contribution in [2.24, 2.45) is 4.36 Å². The van der Waals surface area contributed by atoms with Crippen molar-refractivity contribution in [3.05, 3.63) is 34.0 Å². The van der Waals surface area contributed by atoms with Gasteiger partial charge in [0.1, 0.15) is 0 Å². The first kappa shape index (κ1) is 20.8. The molecular formula is C21H28N6O2S. The molecule has 2 heterocycles. The Morgan fingerprint density at radius 3 is 2.47 bits per heavy atom. The van der Waals surface area contributed by atoms with E-state index in [4.69, 9.17) is 10.2 Å². The highest BCUT2D eigenvalue weighted by Crippen LogP contribution is 2.36. The van der Waals surface area contributed by atoms with Crippen LogP contribution >= 0.6 is 0 Å². The normalized spacial score (nSPS) is 24.8. The summed E-state index contributed by atoms with van der Waals surface area (Å²) in [7, 11) is -1.35. The zero-order chi connectivity index (χ0) is 21.4. The first-order chi connectivity index (χ1) is 14.3. The van der Waals surface area contributed by atoms with Crippen LogP contribution in [0.3, 0.4) is 0 Å². The summed E-state index contributed by atoms with van der Waals surface area (Å²) in [5.74, 6) is 0. The molecule has 0 aromatic carbocycles. The summed E-state index contributed by atoms with van der Waals surface area (Å²) in [5, 5.41) is 13.3. The SMILES string of the molecule is CN1CCC[C@@]1(C)/C=C/S(=O)(=NC#N)NC(=O)Nc1c2c(nc3c1CCC3)CCC2. The third kappa shape index (κ3) is 3.94. The summed E-state index contributed by atoms with van der Waals surface area (Å²) >= 11 is 0. The number of anilines is 1. The lowest BCUT2D eigenvalue weighted by Gasteiger charge is -2.28. The predicted octanol–water partition coefficient (Wildman–Crippen LogP) is 3.04. The minimum absolute atomic E-state index is 0.265. The number of urea groups is 1. The molecule has 30 heavy (non-hydrogen) atoms. The highest BCUT2D eigenvalue weighted by atomic mass is 32.2. The van der Waals surface area contributed by atoms with E-state index < -0.39 is 15.9 Å². The van der Waals surface area contributed by atoms with Gasteiger partial charge >= 0.3 is 6.03 Å². The fraction of sp³-hybridized carbons (Fsp3) is 0.571. The first-order valence-corrected chi connectivity index (χ1v) is 12.1. The average Bonchev–Trinajstić information content (AvgIpc) is 3.41. The number of aromatic nitrogens is 1. The van der Waals surface area contributed by atoms with Gasteiger partial charge in [0.2, 0.25) is 6.19 Å². The van der Waals surface area contributed by atoms with E-state index in [2.05, 4.69) is 19.3 Å². The van der Waals surface area contributed by atoms with E-state index in [1.807, 2.05) is 14.0 Å². The zero-order valence-electron chi connectivity index (χ0n) is 17.5. The van der Waals surface area contributed by atoms with Crippen molar-refractivity contribution in [2.45, 2.75) is 63.8 Å². The van der Waals surface area contributed by atoms with Gasteiger partial charge < -0.3 is 5.32 Å². The van der Waals surface area contributed by atoms with Crippen LogP contribution in [-0.4, -0.2) is 39.3 Å². The maximum atomic E-state index is 13.2. The Kier molecular flexibility index (Phi) is 5.55. The fourth-order valence-corrected chi connectivity index (χ4v) is 5.82. The van der Waals surface area contributed by atoms with Gasteiger partial charge in [0.15, 0.2) is 9.92 Å². The topological polar surface area (TPSA) is 110 Å². The second-order valence-corrected chi connectivity index (χ2v) is 10.3. The molecule has 1 saturated heterocycles. The Hall–Kier alpha value is -2.44. The molecule has 1 fully saturated rings. The minimum atomic E-state index is -3.36. The van der Waals surface area contributed by atoms with Gasteiger partial charge in [-0.1, -0.05) is 10.4 Å². The molecule has 1 unspecified atom stereocenters. The number of fused-ring (bicyclic) bond motifs is 2. The number of hydrogen-bond donors (Lipinski definition) is 2. The van der Waals surface area contributed by atoms with Crippen molar-refractivity contribution in [1.29, 1.82) is 5.26 Å². The second-order valence-electron chi connectivity index (χ2n) is 8.55. The van der Waals surface area contributed by atoms with Gasteiger partial charge in [0.25, 0.3) is 0 Å². The smallest absolute Gasteiger partial charge is 0.307 e. The first-order valence-electron chi connectivity index (χ1n) is 10.5. The van der Waals surface area contributed by atoms with Crippen LogP contribution in [0, 0.1) is 11.5 Å². The van der Waals surface area contributed by atoms with Crippen LogP contribution in [0.25, 0.3) is 0 Å². The number of carbonyl (C=O) groups is 1. The molecule has 0 spiro atoms. The van der Waals surface area contributed by atoms with E-state index in [0.717, 1.165) is 86.1 Å². The predicted molar refractivity (Wildman–Crippen MR) is 116 cm³/mol. The van der Waals surface area contributed by atoms with Crippen LogP contribution in [0.15, 0.2) is 15.8 Å². The molecule has 9 heteroatoms. The summed E-state index contributed by atoms with van der Waals surface area (Å²) in [5.41, 5.74) is 4.84. The number of carbonyl (C=O) groups excluding carboxylic acids is 1. The molecule has 2 amide bonds. The number of nitriles is 1. The Balaban J connectivity index is 1.57. The van der Waals surface area contributed by atoms with Crippen LogP contribution in [0.2, 0.25) is 0 Å². The highest BCUT2D eigenvalue weighted by molar-refractivity contribution is 7.95. The number of nitrogens with zero attached hydrogens (tertiary/aromatic N) is 4. The summed E-state index contributed by atoms with van der Waals surface area (Å²) in [6.07, 6.45) is 11.0. The molecule has 160 valence electrons. The quantitative estimate of drug-likeness (QED) is 0.716. The van der Waals surface area contributed by atoms with Gasteiger partial charge in [-0.25, -0.2) is 13.7 Å². The van der Waals surface area contributed by atoms with Gasteiger partial charge in [-0.2, -0.15) is 5.26 Å². The van der Waals surface area contributed by atoms with Crippen molar-refractivity contribution in [3.8, 4) is 6.19 Å². The van der Waals surface area contributed by atoms with E-state index in [1.165, 1.54) is 5.41 Å². The lowest BCUT2D eigenvalue weighted by molar-refractivity contribution is 0.251. The van der Waals surface area contributed by atoms with Crippen LogP contribution < -0.4 is 10.0 Å². The number of hydrogen-bond acceptors (Lipinski definition) is 6. The summed E-state index contributed by atoms with van der Waals surface area (Å²) < 4.78 is 19.2. The lowest BCUT2D eigenvalue weighted by Crippen LogP contribution is -2.37. The Morgan fingerprint density at radius 1 is 1.23 bits per heavy atom. The number of rotatable bonds is 4. The van der Waals surface area contributed by atoms with E-state index in [-0.39, 0.29) is 5.54 Å². The Morgan fingerprint density at radius 2 is 1.90 bits per heavy atom. The monoisotopic (exact) mass is 428 g/mol. The van der Waals surface area contributed by atoms with Gasteiger partial charge in [0, 0.05) is 22.3 Å². The molecule has 4 rings (SSSR count). The molecule has 1 aromatic heterocycles. The van der Waals surface area contributed by atoms with Crippen LogP contribution in [0.5, 0.6) is 0 Å². The minimum Gasteiger partial charge on any atom is -0.307 e. The third-order valence-corrected chi connectivity index (χ3v) is 7.90. The van der Waals surface area contributed by atoms with Crippen molar-refractivity contribution in [1.82, 2.24) is 14.6 Å². The number of likely N-dealkylation sites (tertiary alicyclic amines) is 1. The van der Waals surface area contributed by atoms with Crippen molar-refractivity contribution in [2.75, 3.05) is 18.9 Å². The number of aryl methyl sites for hydroxylation is 2. The maximum absolute atomic E-state index is 13.2. The molecule has 2 atom stereocenters. The van der Waals surface area contributed by atoms with Gasteiger partial charge in [0.05, 0.1) is 5.69 Å². The molecule has 8 nitrogen and oxygen atoms in total. The number of amides is 2. The maximum Gasteiger partial charge on any atom is 0.331 e. The molecule has 2 aliphatic carbocycles. The number of nitrogens with one attached hydrogen (secondary N) is 2. The number of pyridine rings is 1. The van der Waals surface area contributed by atoms with E-state index in [9.17, 15) is 9.00 Å². The molecule has 1 aliphatic heterocycles. The molecule has 3 aliphatic rings. The van der Waals surface area contributed by atoms with Crippen LogP contribution in [-0.2, 0) is 35.6 Å². The van der Waals surface area contributed by atoms with E-state index >= 15 is 0 Å². The lowest BCUT2D eigenvalue weighted by atomic mass is 10.00. The molecular weight excluding hydrogens is 400 g/mol. The van der Waals surface area contributed by atoms with Gasteiger partial charge in [-0.3, -0.25) is 9.88 Å². The average molecular weight is 429 g/mol. The standard InChI is InChI=1S/C21H28N6O2S/c1-21(10-5-12-27(21)2)11-13-30(29,23-14-22)26-20(28)25-19-15-6-3-8-17(15)24-18-9-4-7-16(18)19/h11,13H,3-10,12H2,1-2H3,(H2,23,24,25,26,28,29)/b13-11+/t21-,30?/m0/s1. The van der Waals surface area contributed by atoms with Crippen molar-refractivity contribution >= 4 is 21.6 Å². The Labute approximate surface area is 178 Å². The highest BCUT2D eigenvalue weighted by Gasteiger charge is 2.32. The summed E-state index contributed by atoms with van der Waals surface area (Å²) in [6.45, 7) is 3.00. The van der Waals surface area contributed by atoms with Crippen LogP contribution in [0.1, 0.15) is 55.1 Å². The number of likely N-dealkylation sites (N-methyl/N-ethyl adjacent to an activating group) is 1. The molecule has 0 saturated carbocycles. The summed E-state index contributed by atoms with van der Waals surface area (Å²) in [6, 6.07) is -0.608. The van der Waals surface area contributed by atoms with Crippen molar-refractivity contribution in [3.63, 3.8) is 0 Å². The Bertz CT molecular complexity index is 1030. The summed E-state index contributed by atoms with van der Waals surface area (Å²) in [4.78, 5) is 19.8. The molecule has 0 radical (unpaired) electrons. The molecule has 2 N–H and O–H groups in total.